The first kappa shape index (κ1) is 29.9. The average molecular weight is 765 g/mol. The summed E-state index contributed by atoms with van der Waals surface area (Å²) >= 11 is -0.472. The van der Waals surface area contributed by atoms with E-state index >= 15 is 0 Å². The van der Waals surface area contributed by atoms with Crippen LogP contribution < -0.4 is 21.2 Å². The van der Waals surface area contributed by atoms with Crippen molar-refractivity contribution in [1.29, 1.82) is 0 Å². The SMILES string of the molecule is CC1(C)O[C@H](CP(c2ccccc2)c2ccccc2)[C@@H](CP(c2ccccc2)c2ccccc2)O1.[Cl][Pt][Cl]. The van der Waals surface area contributed by atoms with E-state index in [1.165, 1.54) is 21.2 Å². The maximum absolute atomic E-state index is 6.61. The van der Waals surface area contributed by atoms with E-state index in [4.69, 9.17) is 28.3 Å². The second-order valence-corrected chi connectivity index (χ2v) is 17.1. The van der Waals surface area contributed by atoms with Crippen molar-refractivity contribution in [3.8, 4) is 0 Å². The second-order valence-electron chi connectivity index (χ2n) is 9.32. The summed E-state index contributed by atoms with van der Waals surface area (Å²) in [5.74, 6) is -0.585. The van der Waals surface area contributed by atoms with E-state index in [0.717, 1.165) is 12.3 Å². The Balaban J connectivity index is 0.00000107. The zero-order valence-electron chi connectivity index (χ0n) is 21.4. The third-order valence-electron chi connectivity index (χ3n) is 6.28. The summed E-state index contributed by atoms with van der Waals surface area (Å²) in [5, 5.41) is 5.53. The Bertz CT molecular complexity index is 1040. The van der Waals surface area contributed by atoms with Gasteiger partial charge in [0, 0.05) is 12.3 Å². The van der Waals surface area contributed by atoms with Crippen LogP contribution in [0.15, 0.2) is 121 Å². The van der Waals surface area contributed by atoms with E-state index < -0.39 is 38.1 Å². The van der Waals surface area contributed by atoms with Gasteiger partial charge in [0.1, 0.15) is 0 Å². The van der Waals surface area contributed by atoms with Gasteiger partial charge in [-0.2, -0.15) is 0 Å². The fourth-order valence-corrected chi connectivity index (χ4v) is 9.64. The molecule has 4 aromatic rings. The predicted octanol–water partition coefficient (Wildman–Crippen LogP) is 7.15. The molecular weight excluding hydrogens is 732 g/mol. The van der Waals surface area contributed by atoms with Crippen molar-refractivity contribution >= 4 is 55.9 Å². The Morgan fingerprint density at radius 1 is 0.553 bits per heavy atom. The first-order valence-electron chi connectivity index (χ1n) is 12.4. The minimum atomic E-state index is -0.585. The molecule has 7 heteroatoms. The van der Waals surface area contributed by atoms with Crippen LogP contribution in [0.2, 0.25) is 0 Å². The number of hydrogen-bond donors (Lipinski definition) is 0. The van der Waals surface area contributed by atoms with Gasteiger partial charge in [-0.1, -0.05) is 121 Å². The van der Waals surface area contributed by atoms with Gasteiger partial charge in [0.25, 0.3) is 0 Å². The first-order valence-corrected chi connectivity index (χ1v) is 21.1. The summed E-state index contributed by atoms with van der Waals surface area (Å²) < 4.78 is 13.2. The van der Waals surface area contributed by atoms with Gasteiger partial charge in [-0.3, -0.25) is 0 Å². The molecule has 0 unspecified atom stereocenters. The Hall–Kier alpha value is -1.07. The third-order valence-corrected chi connectivity index (χ3v) is 11.4. The van der Waals surface area contributed by atoms with Crippen molar-refractivity contribution in [2.24, 2.45) is 0 Å². The Kier molecular flexibility index (Phi) is 11.9. The van der Waals surface area contributed by atoms with Gasteiger partial charge in [0.2, 0.25) is 0 Å². The van der Waals surface area contributed by atoms with Crippen LogP contribution in [0, 0.1) is 0 Å². The third kappa shape index (κ3) is 8.46. The molecule has 2 atom stereocenters. The minimum absolute atomic E-state index is 0.0361. The van der Waals surface area contributed by atoms with Crippen LogP contribution in [-0.4, -0.2) is 30.3 Å². The van der Waals surface area contributed by atoms with Crippen LogP contribution >= 0.6 is 34.7 Å². The van der Waals surface area contributed by atoms with E-state index in [1.807, 2.05) is 0 Å². The first-order chi connectivity index (χ1) is 18.5. The van der Waals surface area contributed by atoms with Crippen LogP contribution in [0.3, 0.4) is 0 Å². The van der Waals surface area contributed by atoms with E-state index in [0.29, 0.717) is 0 Å². The van der Waals surface area contributed by atoms with Gasteiger partial charge in [-0.15, -0.1) is 0 Å². The van der Waals surface area contributed by atoms with Gasteiger partial charge in [0.05, 0.1) is 12.2 Å². The van der Waals surface area contributed by atoms with E-state index in [2.05, 4.69) is 135 Å². The molecule has 0 amide bonds. The second kappa shape index (κ2) is 15.1. The summed E-state index contributed by atoms with van der Waals surface area (Å²) in [7, 11) is 8.63. The van der Waals surface area contributed by atoms with Crippen LogP contribution in [-0.2, 0) is 26.0 Å². The number of halogens is 2. The Morgan fingerprint density at radius 2 is 0.789 bits per heavy atom. The van der Waals surface area contributed by atoms with E-state index in [9.17, 15) is 0 Å². The fraction of sp³-hybridized carbons (Fsp3) is 0.226. The Labute approximate surface area is 246 Å². The maximum atomic E-state index is 6.61. The van der Waals surface area contributed by atoms with Gasteiger partial charge in [-0.25, -0.2) is 0 Å². The molecule has 0 aromatic heterocycles. The predicted molar refractivity (Wildman–Crippen MR) is 163 cm³/mol. The number of rotatable bonds is 8. The molecule has 4 aromatic carbocycles. The van der Waals surface area contributed by atoms with Gasteiger partial charge in [-0.05, 0) is 50.9 Å². The topological polar surface area (TPSA) is 18.5 Å². The molecule has 2 nitrogen and oxygen atoms in total. The molecule has 5 rings (SSSR count). The molecule has 0 bridgehead atoms. The molecule has 0 radical (unpaired) electrons. The molecule has 0 N–H and O–H groups in total. The molecule has 1 heterocycles. The zero-order valence-corrected chi connectivity index (χ0v) is 27.0. The average Bonchev–Trinajstić information content (AvgIpc) is 3.25. The van der Waals surface area contributed by atoms with Gasteiger partial charge < -0.3 is 9.47 Å². The fourth-order valence-electron chi connectivity index (χ4n) is 4.73. The number of ether oxygens (including phenoxy) is 2. The van der Waals surface area contributed by atoms with Crippen molar-refractivity contribution in [1.82, 2.24) is 0 Å². The standard InChI is InChI=1S/C31H32O2P2.2ClH.Pt/c1-31(2)32-29(23-34(25-15-7-3-8-16-25)26-17-9-4-10-18-26)30(33-31)24-35(27-19-11-5-12-20-27)28-21-13-6-14-22-28;;;/h3-22,29-30H,23-24H2,1-2H3;2*1H;/q;;;+2/p-2/t29-,30-;;;/m1.../s1. The van der Waals surface area contributed by atoms with E-state index in [1.54, 1.807) is 0 Å². The zero-order chi connectivity index (χ0) is 26.8. The molecular formula is C31H32Cl2O2P2Pt. The van der Waals surface area contributed by atoms with Gasteiger partial charge in [0.15, 0.2) is 5.79 Å². The monoisotopic (exact) mass is 763 g/mol. The summed E-state index contributed by atoms with van der Waals surface area (Å²) in [6.07, 6.45) is 1.97. The molecule has 1 aliphatic heterocycles. The van der Waals surface area contributed by atoms with Crippen LogP contribution in [0.25, 0.3) is 0 Å². The molecule has 202 valence electrons. The molecule has 1 fully saturated rings. The number of hydrogen-bond acceptors (Lipinski definition) is 2. The quantitative estimate of drug-likeness (QED) is 0.178. The van der Waals surface area contributed by atoms with Crippen molar-refractivity contribution in [3.63, 3.8) is 0 Å². The van der Waals surface area contributed by atoms with Gasteiger partial charge >= 0.3 is 35.3 Å². The Morgan fingerprint density at radius 3 is 1.03 bits per heavy atom. The van der Waals surface area contributed by atoms with Crippen LogP contribution in [0.1, 0.15) is 13.8 Å². The summed E-state index contributed by atoms with van der Waals surface area (Å²) in [6, 6.07) is 43.6. The molecule has 0 aliphatic carbocycles. The summed E-state index contributed by atoms with van der Waals surface area (Å²) in [5.41, 5.74) is 0. The van der Waals surface area contributed by atoms with Crippen LogP contribution in [0.5, 0.6) is 0 Å². The molecule has 38 heavy (non-hydrogen) atoms. The normalized spacial score (nSPS) is 18.4. The van der Waals surface area contributed by atoms with Crippen molar-refractivity contribution < 1.29 is 26.0 Å². The van der Waals surface area contributed by atoms with E-state index in [-0.39, 0.29) is 12.2 Å². The molecule has 1 saturated heterocycles. The number of benzene rings is 4. The molecule has 0 saturated carbocycles. The van der Waals surface area contributed by atoms with Crippen LogP contribution in [0.4, 0.5) is 0 Å². The van der Waals surface area contributed by atoms with Crippen molar-refractivity contribution in [2.75, 3.05) is 12.3 Å². The summed E-state index contributed by atoms with van der Waals surface area (Å²) in [6.45, 7) is 4.11. The summed E-state index contributed by atoms with van der Waals surface area (Å²) in [4.78, 5) is 0. The molecule has 0 spiro atoms. The molecule has 1 aliphatic rings. The van der Waals surface area contributed by atoms with Crippen molar-refractivity contribution in [3.05, 3.63) is 121 Å². The van der Waals surface area contributed by atoms with Crippen molar-refractivity contribution in [2.45, 2.75) is 31.8 Å².